The first kappa shape index (κ1) is 25.5. The Labute approximate surface area is 216 Å². The van der Waals surface area contributed by atoms with Crippen LogP contribution in [0.1, 0.15) is 32.1 Å². The molecule has 0 fully saturated rings. The Balaban J connectivity index is 1.63. The smallest absolute Gasteiger partial charge is 0.255 e. The standard InChI is InChI=1S/C25H25ClN6O3S/c1-27-12-14-30(2)25(35)19-15-18(31-13-4-3-5-24(31)34)7-8-20(19)32-16-17(28-29-32)6-9-21(33)22-10-11-23(26)36-22/h3-5,7-8,10-11,13,15-16,27H,6,9,12,14H2,1-2H3. The van der Waals surface area contributed by atoms with E-state index in [1.54, 1.807) is 66.8 Å². The van der Waals surface area contributed by atoms with Gasteiger partial charge in [0.15, 0.2) is 5.78 Å². The highest BCUT2D eigenvalue weighted by atomic mass is 35.5. The molecule has 0 aliphatic carbocycles. The van der Waals surface area contributed by atoms with E-state index in [1.165, 1.54) is 26.7 Å². The van der Waals surface area contributed by atoms with Crippen molar-refractivity contribution in [2.24, 2.45) is 0 Å². The summed E-state index contributed by atoms with van der Waals surface area (Å²) >= 11 is 7.18. The van der Waals surface area contributed by atoms with E-state index >= 15 is 0 Å². The highest BCUT2D eigenvalue weighted by Crippen LogP contribution is 2.23. The number of amides is 1. The number of pyridine rings is 1. The van der Waals surface area contributed by atoms with Crippen molar-refractivity contribution in [2.45, 2.75) is 12.8 Å². The van der Waals surface area contributed by atoms with E-state index in [-0.39, 0.29) is 23.7 Å². The van der Waals surface area contributed by atoms with E-state index in [2.05, 4.69) is 15.6 Å². The quantitative estimate of drug-likeness (QED) is 0.319. The van der Waals surface area contributed by atoms with Gasteiger partial charge in [0.1, 0.15) is 0 Å². The Morgan fingerprint density at radius 1 is 1.17 bits per heavy atom. The number of rotatable bonds is 10. The number of nitrogens with zero attached hydrogens (tertiary/aromatic N) is 5. The van der Waals surface area contributed by atoms with Crippen molar-refractivity contribution in [3.63, 3.8) is 0 Å². The molecular formula is C25H25ClN6O3S. The van der Waals surface area contributed by atoms with E-state index in [9.17, 15) is 14.4 Å². The lowest BCUT2D eigenvalue weighted by molar-refractivity contribution is 0.0796. The molecular weight excluding hydrogens is 500 g/mol. The van der Waals surface area contributed by atoms with Crippen molar-refractivity contribution < 1.29 is 9.59 Å². The van der Waals surface area contributed by atoms with Crippen molar-refractivity contribution in [3.05, 3.63) is 91.7 Å². The van der Waals surface area contributed by atoms with Crippen LogP contribution in [-0.2, 0) is 6.42 Å². The maximum atomic E-state index is 13.4. The molecule has 0 aliphatic heterocycles. The number of halogens is 1. The number of aryl methyl sites for hydroxylation is 1. The Bertz CT molecular complexity index is 1440. The summed E-state index contributed by atoms with van der Waals surface area (Å²) in [5.74, 6) is -0.228. The number of ketones is 1. The minimum Gasteiger partial charge on any atom is -0.340 e. The molecule has 0 unspecified atom stereocenters. The minimum atomic E-state index is -0.215. The van der Waals surface area contributed by atoms with Gasteiger partial charge in [-0.2, -0.15) is 0 Å². The molecule has 1 aromatic carbocycles. The van der Waals surface area contributed by atoms with E-state index in [1.807, 2.05) is 7.05 Å². The number of carbonyl (C=O) groups excluding carboxylic acids is 2. The highest BCUT2D eigenvalue weighted by molar-refractivity contribution is 7.18. The van der Waals surface area contributed by atoms with E-state index in [4.69, 9.17) is 11.6 Å². The van der Waals surface area contributed by atoms with Crippen LogP contribution in [0.4, 0.5) is 0 Å². The lowest BCUT2D eigenvalue weighted by Crippen LogP contribution is -2.33. The van der Waals surface area contributed by atoms with Crippen LogP contribution >= 0.6 is 22.9 Å². The molecule has 36 heavy (non-hydrogen) atoms. The third-order valence-electron chi connectivity index (χ3n) is 5.60. The fourth-order valence-corrected chi connectivity index (χ4v) is 4.64. The van der Waals surface area contributed by atoms with Gasteiger partial charge >= 0.3 is 0 Å². The second kappa shape index (κ2) is 11.4. The summed E-state index contributed by atoms with van der Waals surface area (Å²) in [6.07, 6.45) is 4.03. The Morgan fingerprint density at radius 3 is 2.72 bits per heavy atom. The first-order chi connectivity index (χ1) is 17.4. The normalized spacial score (nSPS) is 11.0. The van der Waals surface area contributed by atoms with Crippen LogP contribution in [-0.4, -0.2) is 63.3 Å². The maximum absolute atomic E-state index is 13.4. The van der Waals surface area contributed by atoms with Gasteiger partial charge in [0.2, 0.25) is 0 Å². The molecule has 0 radical (unpaired) electrons. The molecule has 1 amide bonds. The minimum absolute atomic E-state index is 0.0128. The summed E-state index contributed by atoms with van der Waals surface area (Å²) in [7, 11) is 3.54. The molecule has 4 rings (SSSR count). The number of benzene rings is 1. The summed E-state index contributed by atoms with van der Waals surface area (Å²) < 4.78 is 3.57. The van der Waals surface area contributed by atoms with Crippen LogP contribution in [0.3, 0.4) is 0 Å². The molecule has 0 spiro atoms. The largest absolute Gasteiger partial charge is 0.340 e. The fourth-order valence-electron chi connectivity index (χ4n) is 3.63. The van der Waals surface area contributed by atoms with Crippen molar-refractivity contribution in [2.75, 3.05) is 27.2 Å². The Kier molecular flexibility index (Phi) is 8.09. The Hall–Kier alpha value is -3.60. The van der Waals surface area contributed by atoms with Gasteiger partial charge in [0.25, 0.3) is 11.5 Å². The molecule has 0 bridgehead atoms. The van der Waals surface area contributed by atoms with Gasteiger partial charge in [-0.25, -0.2) is 4.68 Å². The molecule has 11 heteroatoms. The first-order valence-corrected chi connectivity index (χ1v) is 12.5. The molecule has 0 saturated heterocycles. The summed E-state index contributed by atoms with van der Waals surface area (Å²) in [5, 5.41) is 11.4. The zero-order valence-corrected chi connectivity index (χ0v) is 21.4. The van der Waals surface area contributed by atoms with Crippen molar-refractivity contribution in [3.8, 4) is 11.4 Å². The highest BCUT2D eigenvalue weighted by Gasteiger charge is 2.20. The topological polar surface area (TPSA) is 102 Å². The molecule has 3 heterocycles. The van der Waals surface area contributed by atoms with Crippen molar-refractivity contribution in [1.82, 2.24) is 29.8 Å². The number of carbonyl (C=O) groups is 2. The predicted molar refractivity (Wildman–Crippen MR) is 140 cm³/mol. The van der Waals surface area contributed by atoms with Gasteiger partial charge in [0, 0.05) is 50.9 Å². The average molecular weight is 525 g/mol. The lowest BCUT2D eigenvalue weighted by atomic mass is 10.1. The zero-order valence-electron chi connectivity index (χ0n) is 19.8. The van der Waals surface area contributed by atoms with E-state index < -0.39 is 0 Å². The number of aromatic nitrogens is 4. The molecule has 1 N–H and O–H groups in total. The van der Waals surface area contributed by atoms with Crippen LogP contribution in [0, 0.1) is 0 Å². The zero-order chi connectivity index (χ0) is 25.7. The van der Waals surface area contributed by atoms with Gasteiger partial charge in [-0.15, -0.1) is 16.4 Å². The van der Waals surface area contributed by atoms with Gasteiger partial charge < -0.3 is 10.2 Å². The summed E-state index contributed by atoms with van der Waals surface area (Å²) in [5.41, 5.74) is 1.89. The lowest BCUT2D eigenvalue weighted by Gasteiger charge is -2.19. The van der Waals surface area contributed by atoms with E-state index in [0.717, 1.165) is 0 Å². The van der Waals surface area contributed by atoms with Crippen LogP contribution in [0.15, 0.2) is 65.7 Å². The molecule has 3 aromatic heterocycles. The van der Waals surface area contributed by atoms with Crippen LogP contribution in [0.2, 0.25) is 4.34 Å². The SMILES string of the molecule is CNCCN(C)C(=O)c1cc(-n2ccccc2=O)ccc1-n1cc(CCC(=O)c2ccc(Cl)s2)nn1. The van der Waals surface area contributed by atoms with Gasteiger partial charge in [-0.05, 0) is 43.4 Å². The van der Waals surface area contributed by atoms with Gasteiger partial charge in [0.05, 0.1) is 32.4 Å². The number of hydrogen-bond acceptors (Lipinski definition) is 7. The third-order valence-corrected chi connectivity index (χ3v) is 6.87. The second-order valence-electron chi connectivity index (χ2n) is 8.12. The Morgan fingerprint density at radius 2 is 2.00 bits per heavy atom. The molecule has 0 aliphatic rings. The summed E-state index contributed by atoms with van der Waals surface area (Å²) in [6, 6.07) is 13.5. The number of Topliss-reactive ketones (excluding diaryl/α,β-unsaturated/α-hetero) is 1. The van der Waals surface area contributed by atoms with Gasteiger partial charge in [-0.1, -0.05) is 22.9 Å². The predicted octanol–water partition coefficient (Wildman–Crippen LogP) is 3.24. The monoisotopic (exact) mass is 524 g/mol. The molecule has 186 valence electrons. The molecule has 0 saturated carbocycles. The number of hydrogen-bond donors (Lipinski definition) is 1. The van der Waals surface area contributed by atoms with Crippen LogP contribution in [0.5, 0.6) is 0 Å². The molecule has 0 atom stereocenters. The number of thiophene rings is 1. The van der Waals surface area contributed by atoms with Crippen LogP contribution < -0.4 is 10.9 Å². The number of nitrogens with one attached hydrogen (secondary N) is 1. The third kappa shape index (κ3) is 5.78. The first-order valence-electron chi connectivity index (χ1n) is 11.3. The summed E-state index contributed by atoms with van der Waals surface area (Å²) in [6.45, 7) is 1.13. The average Bonchev–Trinajstić information content (AvgIpc) is 3.54. The summed E-state index contributed by atoms with van der Waals surface area (Å²) in [4.78, 5) is 40.4. The van der Waals surface area contributed by atoms with Crippen molar-refractivity contribution in [1.29, 1.82) is 0 Å². The molecule has 9 nitrogen and oxygen atoms in total. The maximum Gasteiger partial charge on any atom is 0.255 e. The second-order valence-corrected chi connectivity index (χ2v) is 9.84. The molecule has 4 aromatic rings. The van der Waals surface area contributed by atoms with Crippen LogP contribution in [0.25, 0.3) is 11.4 Å². The van der Waals surface area contributed by atoms with Gasteiger partial charge in [-0.3, -0.25) is 19.0 Å². The van der Waals surface area contributed by atoms with Crippen molar-refractivity contribution >= 4 is 34.6 Å². The van der Waals surface area contributed by atoms with E-state index in [0.29, 0.717) is 51.4 Å². The fraction of sp³-hybridized carbons (Fsp3) is 0.240. The number of likely N-dealkylation sites (N-methyl/N-ethyl adjacent to an activating group) is 2.